The molecule has 3 rings (SSSR count). The molecule has 22 heavy (non-hydrogen) atoms. The molecule has 2 fully saturated rings. The summed E-state index contributed by atoms with van der Waals surface area (Å²) >= 11 is 0. The minimum atomic E-state index is 0. The van der Waals surface area contributed by atoms with Crippen LogP contribution in [0.25, 0.3) is 0 Å². The monoisotopic (exact) mass is 414 g/mol. The van der Waals surface area contributed by atoms with E-state index in [0.29, 0.717) is 6.04 Å². The van der Waals surface area contributed by atoms with Gasteiger partial charge >= 0.3 is 0 Å². The molecule has 0 aromatic heterocycles. The molecule has 1 atom stereocenters. The zero-order chi connectivity index (χ0) is 14.7. The molecular weight excluding hydrogens is 387 g/mol. The summed E-state index contributed by atoms with van der Waals surface area (Å²) in [5.41, 5.74) is 2.67. The lowest BCUT2D eigenvalue weighted by Gasteiger charge is -2.22. The van der Waals surface area contributed by atoms with Gasteiger partial charge in [-0.3, -0.25) is 4.99 Å². The average molecular weight is 414 g/mol. The van der Waals surface area contributed by atoms with Gasteiger partial charge in [-0.05, 0) is 50.3 Å². The lowest BCUT2D eigenvalue weighted by Crippen LogP contribution is -2.39. The molecule has 0 radical (unpaired) electrons. The Bertz CT molecular complexity index is 507. The fourth-order valence-electron chi connectivity index (χ4n) is 2.85. The summed E-state index contributed by atoms with van der Waals surface area (Å²) in [5.74, 6) is 0.913. The summed E-state index contributed by atoms with van der Waals surface area (Å²) in [4.78, 5) is 6.80. The van der Waals surface area contributed by atoms with Crippen molar-refractivity contribution in [3.63, 3.8) is 0 Å². The quantitative estimate of drug-likeness (QED) is 0.451. The van der Waals surface area contributed by atoms with Crippen molar-refractivity contribution in [1.29, 1.82) is 0 Å². The lowest BCUT2D eigenvalue weighted by molar-refractivity contribution is 0.684. The number of anilines is 1. The molecule has 1 aromatic carbocycles. The Morgan fingerprint density at radius 3 is 2.64 bits per heavy atom. The summed E-state index contributed by atoms with van der Waals surface area (Å²) in [6.45, 7) is 4.58. The summed E-state index contributed by atoms with van der Waals surface area (Å²) < 4.78 is 0. The Morgan fingerprint density at radius 2 is 2.00 bits per heavy atom. The molecule has 1 aliphatic heterocycles. The number of aliphatic imine (C=N–C) groups is 1. The van der Waals surface area contributed by atoms with Gasteiger partial charge in [-0.25, -0.2) is 0 Å². The normalized spacial score (nSPS) is 19.5. The van der Waals surface area contributed by atoms with Crippen LogP contribution in [-0.2, 0) is 0 Å². The molecule has 2 aliphatic rings. The van der Waals surface area contributed by atoms with E-state index < -0.39 is 0 Å². The highest BCUT2D eigenvalue weighted by molar-refractivity contribution is 14.0. The van der Waals surface area contributed by atoms with Gasteiger partial charge in [-0.1, -0.05) is 12.1 Å². The number of nitrogens with zero attached hydrogens (tertiary/aromatic N) is 2. The highest BCUT2D eigenvalue weighted by atomic mass is 127. The zero-order valence-corrected chi connectivity index (χ0v) is 15.8. The van der Waals surface area contributed by atoms with Crippen molar-refractivity contribution in [2.24, 2.45) is 4.99 Å². The number of hydrogen-bond acceptors (Lipinski definition) is 2. The second-order valence-electron chi connectivity index (χ2n) is 6.15. The average Bonchev–Trinajstić information content (AvgIpc) is 3.16. The van der Waals surface area contributed by atoms with Gasteiger partial charge in [0.15, 0.2) is 5.96 Å². The van der Waals surface area contributed by atoms with Gasteiger partial charge in [0.2, 0.25) is 0 Å². The van der Waals surface area contributed by atoms with Crippen LogP contribution in [0.4, 0.5) is 5.69 Å². The van der Waals surface area contributed by atoms with E-state index in [2.05, 4.69) is 51.7 Å². The molecule has 2 N–H and O–H groups in total. The van der Waals surface area contributed by atoms with Crippen LogP contribution in [-0.4, -0.2) is 32.1 Å². The van der Waals surface area contributed by atoms with Gasteiger partial charge in [-0.2, -0.15) is 0 Å². The third-order valence-corrected chi connectivity index (χ3v) is 4.34. The van der Waals surface area contributed by atoms with Gasteiger partial charge in [0.25, 0.3) is 0 Å². The van der Waals surface area contributed by atoms with Crippen molar-refractivity contribution < 1.29 is 0 Å². The fraction of sp³-hybridized carbons (Fsp3) is 0.588. The van der Waals surface area contributed by atoms with Crippen LogP contribution in [0, 0.1) is 0 Å². The molecule has 0 amide bonds. The second kappa shape index (κ2) is 8.04. The van der Waals surface area contributed by atoms with Crippen LogP contribution in [0.5, 0.6) is 0 Å². The Labute approximate surface area is 150 Å². The molecular formula is C17H27IN4. The highest BCUT2D eigenvalue weighted by Crippen LogP contribution is 2.24. The second-order valence-corrected chi connectivity index (χ2v) is 6.15. The van der Waals surface area contributed by atoms with E-state index in [4.69, 9.17) is 0 Å². The molecule has 0 spiro atoms. The van der Waals surface area contributed by atoms with Crippen molar-refractivity contribution in [3.8, 4) is 0 Å². The van der Waals surface area contributed by atoms with E-state index >= 15 is 0 Å². The van der Waals surface area contributed by atoms with Gasteiger partial charge in [-0.15, -0.1) is 24.0 Å². The lowest BCUT2D eigenvalue weighted by atomic mass is 10.1. The standard InChI is InChI=1S/C17H26N4.HI/c1-13(19-17(18-2)20-15-8-9-15)14-6-5-7-16(12-14)21-10-3-4-11-21;/h5-7,12-13,15H,3-4,8-11H2,1-2H3,(H2,18,19,20);1H. The van der Waals surface area contributed by atoms with Crippen molar-refractivity contribution in [2.75, 3.05) is 25.0 Å². The minimum Gasteiger partial charge on any atom is -0.372 e. The van der Waals surface area contributed by atoms with Crippen LogP contribution in [0.3, 0.4) is 0 Å². The largest absolute Gasteiger partial charge is 0.372 e. The molecule has 1 saturated heterocycles. The first-order valence-electron chi connectivity index (χ1n) is 8.11. The smallest absolute Gasteiger partial charge is 0.191 e. The molecule has 0 bridgehead atoms. The number of rotatable bonds is 4. The third kappa shape index (κ3) is 4.51. The predicted octanol–water partition coefficient (Wildman–Crippen LogP) is 3.29. The van der Waals surface area contributed by atoms with E-state index in [0.717, 1.165) is 5.96 Å². The van der Waals surface area contributed by atoms with Crippen molar-refractivity contribution in [3.05, 3.63) is 29.8 Å². The summed E-state index contributed by atoms with van der Waals surface area (Å²) in [6.07, 6.45) is 5.16. The molecule has 1 aromatic rings. The van der Waals surface area contributed by atoms with Crippen LogP contribution >= 0.6 is 24.0 Å². The fourth-order valence-corrected chi connectivity index (χ4v) is 2.85. The van der Waals surface area contributed by atoms with E-state index in [-0.39, 0.29) is 30.0 Å². The Hall–Kier alpha value is -0.980. The van der Waals surface area contributed by atoms with Gasteiger partial charge in [0.05, 0.1) is 6.04 Å². The first kappa shape index (κ1) is 17.4. The van der Waals surface area contributed by atoms with E-state index in [1.165, 1.54) is 50.0 Å². The first-order chi connectivity index (χ1) is 10.3. The number of benzene rings is 1. The van der Waals surface area contributed by atoms with Gasteiger partial charge in [0.1, 0.15) is 0 Å². The van der Waals surface area contributed by atoms with E-state index in [9.17, 15) is 0 Å². The number of nitrogens with one attached hydrogen (secondary N) is 2. The topological polar surface area (TPSA) is 39.7 Å². The molecule has 4 nitrogen and oxygen atoms in total. The number of hydrogen-bond donors (Lipinski definition) is 2. The summed E-state index contributed by atoms with van der Waals surface area (Å²) in [7, 11) is 1.84. The molecule has 1 saturated carbocycles. The minimum absolute atomic E-state index is 0. The molecule has 1 unspecified atom stereocenters. The van der Waals surface area contributed by atoms with Crippen LogP contribution in [0.2, 0.25) is 0 Å². The van der Waals surface area contributed by atoms with Crippen LogP contribution in [0.1, 0.15) is 44.2 Å². The SMILES string of the molecule is CN=C(NC1CC1)NC(C)c1cccc(N2CCCC2)c1.I. The van der Waals surface area contributed by atoms with Crippen molar-refractivity contribution >= 4 is 35.6 Å². The maximum Gasteiger partial charge on any atom is 0.191 e. The highest BCUT2D eigenvalue weighted by Gasteiger charge is 2.23. The zero-order valence-electron chi connectivity index (χ0n) is 13.5. The first-order valence-corrected chi connectivity index (χ1v) is 8.11. The van der Waals surface area contributed by atoms with Gasteiger partial charge < -0.3 is 15.5 Å². The Balaban J connectivity index is 0.00000176. The number of guanidine groups is 1. The summed E-state index contributed by atoms with van der Waals surface area (Å²) in [5, 5.41) is 6.93. The van der Waals surface area contributed by atoms with Crippen LogP contribution < -0.4 is 15.5 Å². The molecule has 5 heteroatoms. The summed E-state index contributed by atoms with van der Waals surface area (Å²) in [6, 6.07) is 9.78. The molecule has 1 heterocycles. The Morgan fingerprint density at radius 1 is 1.27 bits per heavy atom. The van der Waals surface area contributed by atoms with E-state index in [1.807, 2.05) is 7.05 Å². The maximum absolute atomic E-state index is 4.32. The number of halogens is 1. The predicted molar refractivity (Wildman–Crippen MR) is 104 cm³/mol. The maximum atomic E-state index is 4.32. The van der Waals surface area contributed by atoms with Crippen molar-refractivity contribution in [2.45, 2.75) is 44.7 Å². The van der Waals surface area contributed by atoms with Crippen LogP contribution in [0.15, 0.2) is 29.3 Å². The van der Waals surface area contributed by atoms with Gasteiger partial charge in [0, 0.05) is 31.9 Å². The van der Waals surface area contributed by atoms with E-state index in [1.54, 1.807) is 0 Å². The Kier molecular flexibility index (Phi) is 6.35. The van der Waals surface area contributed by atoms with Crippen molar-refractivity contribution in [1.82, 2.24) is 10.6 Å². The third-order valence-electron chi connectivity index (χ3n) is 4.34. The molecule has 122 valence electrons. The molecule has 1 aliphatic carbocycles.